The van der Waals surface area contributed by atoms with E-state index in [0.717, 1.165) is 5.75 Å². The molecule has 0 spiro atoms. The Balaban J connectivity index is 3.49. The van der Waals surface area contributed by atoms with Crippen LogP contribution in [-0.2, 0) is 4.74 Å². The van der Waals surface area contributed by atoms with E-state index in [1.54, 1.807) is 0 Å². The van der Waals surface area contributed by atoms with Crippen LogP contribution < -0.4 is 4.52 Å². The topological polar surface area (TPSA) is 35.5 Å². The van der Waals surface area contributed by atoms with Gasteiger partial charge in [0.2, 0.25) is 0 Å². The van der Waals surface area contributed by atoms with Gasteiger partial charge in [-0.15, -0.1) is 0 Å². The van der Waals surface area contributed by atoms with E-state index >= 15 is 0 Å². The average Bonchev–Trinajstić information content (AvgIpc) is 2.73. The number of methoxy groups -OCH3 is 1. The quantitative estimate of drug-likeness (QED) is 0.221. The fraction of sp³-hybridized carbons (Fsp3) is 0.708. The fourth-order valence-corrected chi connectivity index (χ4v) is 11.1. The maximum absolute atomic E-state index is 12.4. The minimum atomic E-state index is -2.47. The van der Waals surface area contributed by atoms with Gasteiger partial charge in [0, 0.05) is 0 Å². The molecule has 1 aromatic rings. The van der Waals surface area contributed by atoms with Gasteiger partial charge < -0.3 is 0 Å². The SMILES string of the molecule is CCCCP(CCCC)(CCCC)(CCCC)Oc1ccccc1C(=O)OC. The summed E-state index contributed by atoms with van der Waals surface area (Å²) in [5, 5.41) is 0. The number of unbranched alkanes of at least 4 members (excludes halogenated alkanes) is 4. The van der Waals surface area contributed by atoms with Gasteiger partial charge in [-0.25, -0.2) is 0 Å². The third-order valence-corrected chi connectivity index (χ3v) is 12.5. The predicted octanol–water partition coefficient (Wildman–Crippen LogP) is 7.52. The summed E-state index contributed by atoms with van der Waals surface area (Å²) in [5.41, 5.74) is 0.569. The van der Waals surface area contributed by atoms with E-state index in [0.29, 0.717) is 5.56 Å². The molecule has 0 amide bonds. The van der Waals surface area contributed by atoms with Gasteiger partial charge in [-0.1, -0.05) is 0 Å². The van der Waals surface area contributed by atoms with Crippen LogP contribution in [0.15, 0.2) is 24.3 Å². The van der Waals surface area contributed by atoms with Gasteiger partial charge in [-0.3, -0.25) is 0 Å². The molecule has 0 saturated carbocycles. The monoisotopic (exact) mass is 410 g/mol. The number of carbonyl (C=O) groups is 1. The predicted molar refractivity (Wildman–Crippen MR) is 124 cm³/mol. The third-order valence-electron chi connectivity index (χ3n) is 5.96. The van der Waals surface area contributed by atoms with Gasteiger partial charge in [-0.05, 0) is 0 Å². The molecule has 0 bridgehead atoms. The summed E-state index contributed by atoms with van der Waals surface area (Å²) in [6, 6.07) is 7.69. The molecule has 1 rings (SSSR count). The van der Waals surface area contributed by atoms with Crippen molar-refractivity contribution in [3.63, 3.8) is 0 Å². The summed E-state index contributed by atoms with van der Waals surface area (Å²) >= 11 is 0. The molecule has 0 aliphatic heterocycles. The number of hydrogen-bond donors (Lipinski definition) is 0. The molecule has 0 aliphatic carbocycles. The van der Waals surface area contributed by atoms with Crippen LogP contribution >= 0.6 is 6.83 Å². The van der Waals surface area contributed by atoms with Crippen LogP contribution in [0.5, 0.6) is 5.75 Å². The van der Waals surface area contributed by atoms with Crippen molar-refractivity contribution in [1.29, 1.82) is 0 Å². The Morgan fingerprint density at radius 3 is 1.61 bits per heavy atom. The zero-order valence-electron chi connectivity index (χ0n) is 19.0. The first-order valence-corrected chi connectivity index (χ1v) is 14.3. The van der Waals surface area contributed by atoms with Crippen LogP contribution in [0.1, 0.15) is 89.4 Å². The second-order valence-corrected chi connectivity index (χ2v) is 13.9. The van der Waals surface area contributed by atoms with E-state index in [9.17, 15) is 4.79 Å². The Morgan fingerprint density at radius 1 is 0.786 bits per heavy atom. The van der Waals surface area contributed by atoms with Gasteiger partial charge in [0.1, 0.15) is 0 Å². The molecular formula is C24H43O3P. The van der Waals surface area contributed by atoms with Gasteiger partial charge in [0.15, 0.2) is 0 Å². The Morgan fingerprint density at radius 2 is 1.21 bits per heavy atom. The molecule has 0 aromatic heterocycles. The van der Waals surface area contributed by atoms with Crippen molar-refractivity contribution in [3.8, 4) is 5.75 Å². The van der Waals surface area contributed by atoms with Crippen molar-refractivity contribution < 1.29 is 14.1 Å². The van der Waals surface area contributed by atoms with Crippen molar-refractivity contribution >= 4 is 12.8 Å². The normalized spacial score (nSPS) is 13.0. The molecule has 162 valence electrons. The van der Waals surface area contributed by atoms with Crippen LogP contribution in [0.2, 0.25) is 0 Å². The zero-order chi connectivity index (χ0) is 20.9. The van der Waals surface area contributed by atoms with Gasteiger partial charge in [-0.2, -0.15) is 0 Å². The molecule has 0 radical (unpaired) electrons. The van der Waals surface area contributed by atoms with E-state index in [1.165, 1.54) is 83.1 Å². The van der Waals surface area contributed by atoms with E-state index in [-0.39, 0.29) is 5.97 Å². The second-order valence-electron chi connectivity index (χ2n) is 8.25. The van der Waals surface area contributed by atoms with Crippen molar-refractivity contribution in [2.24, 2.45) is 0 Å². The fourth-order valence-electron chi connectivity index (χ4n) is 4.19. The van der Waals surface area contributed by atoms with Gasteiger partial charge in [0.25, 0.3) is 0 Å². The summed E-state index contributed by atoms with van der Waals surface area (Å²) in [6.45, 7) is 6.62. The summed E-state index contributed by atoms with van der Waals surface area (Å²) < 4.78 is 12.2. The molecule has 0 atom stereocenters. The first kappa shape index (κ1) is 25.0. The van der Waals surface area contributed by atoms with E-state index in [2.05, 4.69) is 27.7 Å². The van der Waals surface area contributed by atoms with E-state index in [4.69, 9.17) is 9.26 Å². The molecule has 0 unspecified atom stereocenters. The van der Waals surface area contributed by atoms with Crippen LogP contribution in [0.25, 0.3) is 0 Å². The number of carbonyl (C=O) groups excluding carboxylic acids is 1. The standard InChI is InChI=1S/C24H43O3P/c1-6-10-18-28(19-11-7-2,20-12-8-3,21-13-9-4)27-23-17-15-14-16-22(23)24(25)26-5/h14-17H,6-13,18-21H2,1-5H3. The van der Waals surface area contributed by atoms with Crippen LogP contribution in [0.4, 0.5) is 0 Å². The summed E-state index contributed by atoms with van der Waals surface area (Å²) in [5.74, 6) is 0.440. The van der Waals surface area contributed by atoms with Gasteiger partial charge in [0.05, 0.1) is 0 Å². The molecule has 3 nitrogen and oxygen atoms in total. The molecule has 1 aromatic carbocycles. The Bertz CT molecular complexity index is 541. The van der Waals surface area contributed by atoms with Crippen molar-refractivity contribution in [1.82, 2.24) is 0 Å². The molecular weight excluding hydrogens is 367 g/mol. The number of rotatable bonds is 15. The van der Waals surface area contributed by atoms with Crippen LogP contribution in [0, 0.1) is 0 Å². The molecule has 0 aliphatic rings. The van der Waals surface area contributed by atoms with Crippen LogP contribution in [0.3, 0.4) is 0 Å². The summed E-state index contributed by atoms with van der Waals surface area (Å²) in [4.78, 5) is 12.4. The Hall–Kier alpha value is -1.08. The Kier molecular flexibility index (Phi) is 11.1. The molecule has 0 fully saturated rings. The zero-order valence-corrected chi connectivity index (χ0v) is 19.9. The first-order chi connectivity index (χ1) is 13.5. The Labute approximate surface area is 173 Å². The summed E-state index contributed by atoms with van der Waals surface area (Å²) in [7, 11) is 1.45. The number of benzene rings is 1. The summed E-state index contributed by atoms with van der Waals surface area (Å²) in [6.07, 6.45) is 14.3. The molecule has 0 N–H and O–H groups in total. The number of ether oxygens (including phenoxy) is 1. The van der Waals surface area contributed by atoms with E-state index in [1.807, 2.05) is 24.3 Å². The molecule has 0 heterocycles. The molecule has 0 saturated heterocycles. The molecule has 4 heteroatoms. The second kappa shape index (κ2) is 12.5. The molecule has 28 heavy (non-hydrogen) atoms. The number of esters is 1. The van der Waals surface area contributed by atoms with Crippen molar-refractivity contribution in [2.75, 3.05) is 31.8 Å². The van der Waals surface area contributed by atoms with E-state index < -0.39 is 6.83 Å². The number of para-hydroxylation sites is 1. The maximum atomic E-state index is 12.4. The van der Waals surface area contributed by atoms with Crippen LogP contribution in [-0.4, -0.2) is 37.7 Å². The third kappa shape index (κ3) is 6.76. The van der Waals surface area contributed by atoms with Gasteiger partial charge >= 0.3 is 173 Å². The van der Waals surface area contributed by atoms with Crippen molar-refractivity contribution in [3.05, 3.63) is 29.8 Å². The minimum absolute atomic E-state index is 0.302. The number of hydrogen-bond acceptors (Lipinski definition) is 3. The first-order valence-electron chi connectivity index (χ1n) is 11.4. The van der Waals surface area contributed by atoms with Crippen molar-refractivity contribution in [2.45, 2.75) is 79.1 Å². The average molecular weight is 411 g/mol.